The molecule has 1 N–H and O–H groups in total. The Hall–Kier alpha value is -1.04. The topological polar surface area (TPSA) is 35.8 Å². The lowest BCUT2D eigenvalue weighted by Crippen LogP contribution is -2.11. The van der Waals surface area contributed by atoms with Crippen molar-refractivity contribution in [3.8, 4) is 6.07 Å². The first-order valence-electron chi connectivity index (χ1n) is 4.17. The molecular weight excluding hydrogens is 184 g/mol. The van der Waals surface area contributed by atoms with Crippen LogP contribution in [0.25, 0.3) is 0 Å². The molecule has 0 aliphatic rings. The molecule has 0 saturated carbocycles. The van der Waals surface area contributed by atoms with Gasteiger partial charge < -0.3 is 5.32 Å². The fourth-order valence-corrected chi connectivity index (χ4v) is 1.27. The summed E-state index contributed by atoms with van der Waals surface area (Å²) in [6.07, 6.45) is 0. The maximum atomic E-state index is 8.60. The largest absolute Gasteiger partial charge is 0.313 e. The summed E-state index contributed by atoms with van der Waals surface area (Å²) < 4.78 is 0. The highest BCUT2D eigenvalue weighted by atomic mass is 35.5. The molecule has 0 heterocycles. The van der Waals surface area contributed by atoms with Crippen molar-refractivity contribution in [1.29, 1.82) is 5.26 Å². The number of benzene rings is 1. The van der Waals surface area contributed by atoms with E-state index in [1.165, 1.54) is 0 Å². The van der Waals surface area contributed by atoms with E-state index in [1.807, 2.05) is 19.1 Å². The molecule has 2 nitrogen and oxygen atoms in total. The van der Waals surface area contributed by atoms with Crippen molar-refractivity contribution in [3.05, 3.63) is 34.3 Å². The molecule has 1 aromatic rings. The molecule has 0 radical (unpaired) electrons. The highest BCUT2D eigenvalue weighted by Crippen LogP contribution is 2.17. The zero-order valence-corrected chi connectivity index (χ0v) is 8.23. The highest BCUT2D eigenvalue weighted by Gasteiger charge is 2.00. The molecule has 0 unspecified atom stereocenters. The van der Waals surface area contributed by atoms with Crippen molar-refractivity contribution < 1.29 is 0 Å². The van der Waals surface area contributed by atoms with Crippen molar-refractivity contribution in [2.75, 3.05) is 6.54 Å². The van der Waals surface area contributed by atoms with Crippen LogP contribution in [0, 0.1) is 11.3 Å². The molecule has 0 fully saturated rings. The van der Waals surface area contributed by atoms with Crippen molar-refractivity contribution >= 4 is 11.6 Å². The van der Waals surface area contributed by atoms with Gasteiger partial charge in [0.2, 0.25) is 0 Å². The minimum absolute atomic E-state index is 0.602. The second-order valence-electron chi connectivity index (χ2n) is 2.70. The molecule has 13 heavy (non-hydrogen) atoms. The summed E-state index contributed by atoms with van der Waals surface area (Å²) in [5.41, 5.74) is 1.63. The lowest BCUT2D eigenvalue weighted by atomic mass is 10.1. The first-order valence-corrected chi connectivity index (χ1v) is 4.55. The number of rotatable bonds is 3. The fourth-order valence-electron chi connectivity index (χ4n) is 1.02. The van der Waals surface area contributed by atoms with Crippen molar-refractivity contribution in [2.24, 2.45) is 0 Å². The summed E-state index contributed by atoms with van der Waals surface area (Å²) in [7, 11) is 0. The van der Waals surface area contributed by atoms with Gasteiger partial charge in [0.15, 0.2) is 0 Å². The fraction of sp³-hybridized carbons (Fsp3) is 0.300. The molecule has 0 amide bonds. The second-order valence-corrected chi connectivity index (χ2v) is 3.11. The number of nitriles is 1. The van der Waals surface area contributed by atoms with Crippen molar-refractivity contribution in [3.63, 3.8) is 0 Å². The van der Waals surface area contributed by atoms with Crippen LogP contribution in [0.1, 0.15) is 18.1 Å². The van der Waals surface area contributed by atoms with Gasteiger partial charge in [0.1, 0.15) is 0 Å². The van der Waals surface area contributed by atoms with Gasteiger partial charge in [-0.3, -0.25) is 0 Å². The maximum Gasteiger partial charge on any atom is 0.0992 e. The van der Waals surface area contributed by atoms with Crippen LogP contribution in [0.5, 0.6) is 0 Å². The van der Waals surface area contributed by atoms with E-state index in [0.29, 0.717) is 10.6 Å². The van der Waals surface area contributed by atoms with Gasteiger partial charge in [-0.2, -0.15) is 5.26 Å². The Balaban J connectivity index is 2.81. The van der Waals surface area contributed by atoms with Gasteiger partial charge in [-0.1, -0.05) is 24.6 Å². The summed E-state index contributed by atoms with van der Waals surface area (Å²) in [5.74, 6) is 0. The monoisotopic (exact) mass is 194 g/mol. The molecule has 1 rings (SSSR count). The van der Waals surface area contributed by atoms with E-state index in [9.17, 15) is 0 Å². The molecule has 0 aliphatic heterocycles. The number of hydrogen-bond acceptors (Lipinski definition) is 2. The van der Waals surface area contributed by atoms with Gasteiger partial charge in [-0.05, 0) is 24.2 Å². The molecule has 0 atom stereocenters. The molecule has 0 aromatic heterocycles. The van der Waals surface area contributed by atoms with Crippen LogP contribution >= 0.6 is 11.6 Å². The van der Waals surface area contributed by atoms with Gasteiger partial charge in [-0.25, -0.2) is 0 Å². The van der Waals surface area contributed by atoms with E-state index in [4.69, 9.17) is 16.9 Å². The average molecular weight is 195 g/mol. The SMILES string of the molecule is CCNCc1ccc(C#N)cc1Cl. The van der Waals surface area contributed by atoms with E-state index >= 15 is 0 Å². The molecular formula is C10H11ClN2. The Morgan fingerprint density at radius 3 is 2.85 bits per heavy atom. The minimum atomic E-state index is 0.602. The van der Waals surface area contributed by atoms with E-state index in [-0.39, 0.29) is 0 Å². The van der Waals surface area contributed by atoms with E-state index in [0.717, 1.165) is 18.7 Å². The molecule has 0 bridgehead atoms. The van der Waals surface area contributed by atoms with Gasteiger partial charge in [-0.15, -0.1) is 0 Å². The number of nitrogens with zero attached hydrogens (tertiary/aromatic N) is 1. The predicted octanol–water partition coefficient (Wildman–Crippen LogP) is 2.32. The van der Waals surface area contributed by atoms with Crippen LogP contribution in [0.3, 0.4) is 0 Å². The minimum Gasteiger partial charge on any atom is -0.313 e. The van der Waals surface area contributed by atoms with Crippen molar-refractivity contribution in [1.82, 2.24) is 5.32 Å². The first-order chi connectivity index (χ1) is 6.27. The Bertz CT molecular complexity index is 328. The molecule has 0 aliphatic carbocycles. The third-order valence-electron chi connectivity index (χ3n) is 1.75. The molecule has 68 valence electrons. The number of nitrogens with one attached hydrogen (secondary N) is 1. The van der Waals surface area contributed by atoms with E-state index in [2.05, 4.69) is 5.32 Å². The molecule has 3 heteroatoms. The van der Waals surface area contributed by atoms with E-state index < -0.39 is 0 Å². The Labute approximate surface area is 83.1 Å². The zero-order chi connectivity index (χ0) is 9.68. The number of hydrogen-bond donors (Lipinski definition) is 1. The maximum absolute atomic E-state index is 8.60. The molecule has 1 aromatic carbocycles. The van der Waals surface area contributed by atoms with Gasteiger partial charge in [0.25, 0.3) is 0 Å². The number of halogens is 1. The summed E-state index contributed by atoms with van der Waals surface area (Å²) in [6, 6.07) is 7.39. The van der Waals surface area contributed by atoms with Gasteiger partial charge in [0, 0.05) is 11.6 Å². The lowest BCUT2D eigenvalue weighted by molar-refractivity contribution is 0.727. The average Bonchev–Trinajstić information content (AvgIpc) is 2.16. The normalized spacial score (nSPS) is 9.62. The standard InChI is InChI=1S/C10H11ClN2/c1-2-13-7-9-4-3-8(6-12)5-10(9)11/h3-5,13H,2,7H2,1H3. The van der Waals surface area contributed by atoms with Crippen LogP contribution < -0.4 is 5.32 Å². The van der Waals surface area contributed by atoms with Crippen molar-refractivity contribution in [2.45, 2.75) is 13.5 Å². The van der Waals surface area contributed by atoms with Crippen LogP contribution in [-0.4, -0.2) is 6.54 Å². The summed E-state index contributed by atoms with van der Waals surface area (Å²) in [5, 5.41) is 12.4. The Kier molecular flexibility index (Phi) is 3.75. The zero-order valence-electron chi connectivity index (χ0n) is 7.47. The smallest absolute Gasteiger partial charge is 0.0992 e. The van der Waals surface area contributed by atoms with Crippen LogP contribution in [0.2, 0.25) is 5.02 Å². The third kappa shape index (κ3) is 2.73. The summed E-state index contributed by atoms with van der Waals surface area (Å²) in [4.78, 5) is 0. The molecule has 0 saturated heterocycles. The van der Waals surface area contributed by atoms with Crippen LogP contribution in [0.4, 0.5) is 0 Å². The third-order valence-corrected chi connectivity index (χ3v) is 2.10. The first kappa shape index (κ1) is 10.0. The lowest BCUT2D eigenvalue weighted by Gasteiger charge is -2.04. The predicted molar refractivity (Wildman–Crippen MR) is 53.5 cm³/mol. The summed E-state index contributed by atoms with van der Waals surface area (Å²) in [6.45, 7) is 3.70. The highest BCUT2D eigenvalue weighted by molar-refractivity contribution is 6.31. The molecule has 0 spiro atoms. The Morgan fingerprint density at radius 1 is 1.54 bits per heavy atom. The van der Waals surface area contributed by atoms with E-state index in [1.54, 1.807) is 12.1 Å². The summed E-state index contributed by atoms with van der Waals surface area (Å²) >= 11 is 5.95. The van der Waals surface area contributed by atoms with Crippen LogP contribution in [-0.2, 0) is 6.54 Å². The van der Waals surface area contributed by atoms with Gasteiger partial charge in [0.05, 0.1) is 11.6 Å². The second kappa shape index (κ2) is 4.86. The Morgan fingerprint density at radius 2 is 2.31 bits per heavy atom. The van der Waals surface area contributed by atoms with Crippen LogP contribution in [0.15, 0.2) is 18.2 Å². The van der Waals surface area contributed by atoms with Gasteiger partial charge >= 0.3 is 0 Å². The quantitative estimate of drug-likeness (QED) is 0.802.